The van der Waals surface area contributed by atoms with E-state index in [1.807, 2.05) is 42.9 Å². The smallest absolute Gasteiger partial charge is 0.196 e. The topological polar surface area (TPSA) is 56.1 Å². The number of rotatable bonds is 8. The first-order chi connectivity index (χ1) is 15.5. The van der Waals surface area contributed by atoms with E-state index in [1.165, 1.54) is 12.1 Å². The molecule has 166 valence electrons. The molecule has 2 aromatic carbocycles. The van der Waals surface area contributed by atoms with Gasteiger partial charge in [0.25, 0.3) is 0 Å². The van der Waals surface area contributed by atoms with Crippen molar-refractivity contribution >= 4 is 23.1 Å². The monoisotopic (exact) mass is 469 g/mol. The van der Waals surface area contributed by atoms with Gasteiger partial charge in [0.05, 0.1) is 18.8 Å². The SMILES string of the molecule is COc1cccc(-c2nc(CSc3nnc(C(C)N(C)C)n3-c3ccc(F)cc3)cs2)c1. The summed E-state index contributed by atoms with van der Waals surface area (Å²) in [5, 5.41) is 12.6. The third-order valence-electron chi connectivity index (χ3n) is 5.11. The first kappa shape index (κ1) is 22.4. The molecular weight excluding hydrogens is 445 g/mol. The number of methoxy groups -OCH3 is 1. The molecule has 0 aliphatic rings. The molecule has 0 spiro atoms. The van der Waals surface area contributed by atoms with Gasteiger partial charge in [-0.15, -0.1) is 21.5 Å². The summed E-state index contributed by atoms with van der Waals surface area (Å²) in [6.45, 7) is 2.07. The highest BCUT2D eigenvalue weighted by Gasteiger charge is 2.21. The fourth-order valence-corrected chi connectivity index (χ4v) is 4.88. The van der Waals surface area contributed by atoms with Crippen LogP contribution in [0.4, 0.5) is 4.39 Å². The minimum Gasteiger partial charge on any atom is -0.497 e. The lowest BCUT2D eigenvalue weighted by Crippen LogP contribution is -2.20. The number of hydrogen-bond donors (Lipinski definition) is 0. The van der Waals surface area contributed by atoms with Crippen LogP contribution >= 0.6 is 23.1 Å². The van der Waals surface area contributed by atoms with Gasteiger partial charge in [-0.3, -0.25) is 9.47 Å². The van der Waals surface area contributed by atoms with Crippen LogP contribution in [-0.2, 0) is 5.75 Å². The second kappa shape index (κ2) is 9.81. The summed E-state index contributed by atoms with van der Waals surface area (Å²) >= 11 is 3.16. The predicted octanol–water partition coefficient (Wildman–Crippen LogP) is 5.45. The van der Waals surface area contributed by atoms with E-state index in [-0.39, 0.29) is 11.9 Å². The van der Waals surface area contributed by atoms with E-state index in [0.717, 1.165) is 38.7 Å². The van der Waals surface area contributed by atoms with Crippen molar-refractivity contribution in [3.05, 3.63) is 71.2 Å². The van der Waals surface area contributed by atoms with Crippen LogP contribution in [0.2, 0.25) is 0 Å². The lowest BCUT2D eigenvalue weighted by atomic mass is 10.2. The van der Waals surface area contributed by atoms with Crippen LogP contribution in [0.5, 0.6) is 5.75 Å². The van der Waals surface area contributed by atoms with Gasteiger partial charge in [-0.1, -0.05) is 23.9 Å². The fourth-order valence-electron chi connectivity index (χ4n) is 3.11. The Hall–Kier alpha value is -2.75. The maximum Gasteiger partial charge on any atom is 0.196 e. The van der Waals surface area contributed by atoms with Gasteiger partial charge in [-0.05, 0) is 57.4 Å². The Morgan fingerprint density at radius 3 is 2.66 bits per heavy atom. The Morgan fingerprint density at radius 2 is 1.94 bits per heavy atom. The number of aromatic nitrogens is 4. The zero-order chi connectivity index (χ0) is 22.7. The van der Waals surface area contributed by atoms with Crippen molar-refractivity contribution < 1.29 is 9.13 Å². The zero-order valence-electron chi connectivity index (χ0n) is 18.3. The predicted molar refractivity (Wildman–Crippen MR) is 127 cm³/mol. The molecule has 9 heteroatoms. The van der Waals surface area contributed by atoms with Gasteiger partial charge in [0.1, 0.15) is 16.6 Å². The van der Waals surface area contributed by atoms with E-state index < -0.39 is 0 Å². The van der Waals surface area contributed by atoms with Gasteiger partial charge < -0.3 is 4.74 Å². The van der Waals surface area contributed by atoms with Gasteiger partial charge in [0, 0.05) is 22.4 Å². The van der Waals surface area contributed by atoms with Crippen LogP contribution in [-0.4, -0.2) is 45.9 Å². The second-order valence-corrected chi connectivity index (χ2v) is 9.26. The third-order valence-corrected chi connectivity index (χ3v) is 7.01. The van der Waals surface area contributed by atoms with Gasteiger partial charge in [0.15, 0.2) is 11.0 Å². The minimum absolute atomic E-state index is 0.0424. The Balaban J connectivity index is 1.58. The van der Waals surface area contributed by atoms with E-state index in [2.05, 4.69) is 27.4 Å². The average molecular weight is 470 g/mol. The van der Waals surface area contributed by atoms with Crippen LogP contribution in [0.25, 0.3) is 16.3 Å². The first-order valence-corrected chi connectivity index (χ1v) is 11.9. The lowest BCUT2D eigenvalue weighted by Gasteiger charge is -2.20. The summed E-state index contributed by atoms with van der Waals surface area (Å²) in [6, 6.07) is 14.3. The van der Waals surface area contributed by atoms with Crippen molar-refractivity contribution in [2.24, 2.45) is 0 Å². The third kappa shape index (κ3) is 4.85. The van der Waals surface area contributed by atoms with E-state index >= 15 is 0 Å². The van der Waals surface area contributed by atoms with Crippen LogP contribution in [0, 0.1) is 5.82 Å². The second-order valence-electron chi connectivity index (χ2n) is 7.46. The van der Waals surface area contributed by atoms with Crippen LogP contribution in [0.15, 0.2) is 59.1 Å². The van der Waals surface area contributed by atoms with Gasteiger partial charge >= 0.3 is 0 Å². The van der Waals surface area contributed by atoms with E-state index in [4.69, 9.17) is 9.72 Å². The number of ether oxygens (including phenoxy) is 1. The zero-order valence-corrected chi connectivity index (χ0v) is 20.0. The highest BCUT2D eigenvalue weighted by atomic mass is 32.2. The van der Waals surface area contributed by atoms with Crippen LogP contribution < -0.4 is 4.74 Å². The first-order valence-electron chi connectivity index (χ1n) is 10.1. The van der Waals surface area contributed by atoms with E-state index in [1.54, 1.807) is 42.3 Å². The molecule has 32 heavy (non-hydrogen) atoms. The van der Waals surface area contributed by atoms with Crippen molar-refractivity contribution in [3.8, 4) is 22.0 Å². The Morgan fingerprint density at radius 1 is 1.16 bits per heavy atom. The number of benzene rings is 2. The van der Waals surface area contributed by atoms with E-state index in [0.29, 0.717) is 5.75 Å². The minimum atomic E-state index is -0.272. The summed E-state index contributed by atoms with van der Waals surface area (Å²) < 4.78 is 20.8. The van der Waals surface area contributed by atoms with Gasteiger partial charge in [0.2, 0.25) is 0 Å². The van der Waals surface area contributed by atoms with Crippen molar-refractivity contribution in [1.29, 1.82) is 0 Å². The maximum absolute atomic E-state index is 13.5. The van der Waals surface area contributed by atoms with Crippen molar-refractivity contribution in [1.82, 2.24) is 24.6 Å². The average Bonchev–Trinajstić information content (AvgIpc) is 3.45. The van der Waals surface area contributed by atoms with Crippen LogP contribution in [0.1, 0.15) is 24.5 Å². The molecule has 0 N–H and O–H groups in total. The summed E-state index contributed by atoms with van der Waals surface area (Å²) in [7, 11) is 5.65. The molecule has 0 bridgehead atoms. The molecule has 1 unspecified atom stereocenters. The van der Waals surface area contributed by atoms with Crippen molar-refractivity contribution in [2.45, 2.75) is 23.9 Å². The Labute approximate surface area is 195 Å². The molecule has 1 atom stereocenters. The number of thioether (sulfide) groups is 1. The standard InChI is InChI=1S/C23H24FN5OS2/c1-15(28(2)3)21-26-27-23(29(21)19-10-8-17(24)9-11-19)32-14-18-13-31-22(25-18)16-6-5-7-20(12-16)30-4/h5-13,15H,14H2,1-4H3. The number of thiazole rings is 1. The van der Waals surface area contributed by atoms with Gasteiger partial charge in [-0.2, -0.15) is 0 Å². The summed E-state index contributed by atoms with van der Waals surface area (Å²) in [6.07, 6.45) is 0. The molecule has 6 nitrogen and oxygen atoms in total. The quantitative estimate of drug-likeness (QED) is 0.320. The Bertz CT molecular complexity index is 1190. The number of hydrogen-bond acceptors (Lipinski definition) is 7. The molecule has 2 heterocycles. The normalized spacial score (nSPS) is 12.3. The molecule has 0 aliphatic carbocycles. The summed E-state index contributed by atoms with van der Waals surface area (Å²) in [4.78, 5) is 6.85. The summed E-state index contributed by atoms with van der Waals surface area (Å²) in [5.74, 6) is 1.99. The molecule has 0 aliphatic heterocycles. The molecule has 4 aromatic rings. The Kier molecular flexibility index (Phi) is 6.88. The van der Waals surface area contributed by atoms with Crippen molar-refractivity contribution in [2.75, 3.05) is 21.2 Å². The summed E-state index contributed by atoms with van der Waals surface area (Å²) in [5.41, 5.74) is 2.83. The van der Waals surface area contributed by atoms with Crippen molar-refractivity contribution in [3.63, 3.8) is 0 Å². The molecule has 2 aromatic heterocycles. The number of halogens is 1. The van der Waals surface area contributed by atoms with E-state index in [9.17, 15) is 4.39 Å². The molecule has 0 fully saturated rings. The molecule has 4 rings (SSSR count). The molecule has 0 saturated heterocycles. The fraction of sp³-hybridized carbons (Fsp3) is 0.261. The maximum atomic E-state index is 13.5. The highest BCUT2D eigenvalue weighted by Crippen LogP contribution is 2.31. The molecule has 0 saturated carbocycles. The molecule has 0 radical (unpaired) electrons. The highest BCUT2D eigenvalue weighted by molar-refractivity contribution is 7.98. The number of nitrogens with zero attached hydrogens (tertiary/aromatic N) is 5. The lowest BCUT2D eigenvalue weighted by molar-refractivity contribution is 0.305. The van der Waals surface area contributed by atoms with Crippen LogP contribution in [0.3, 0.4) is 0 Å². The largest absolute Gasteiger partial charge is 0.497 e. The molecule has 0 amide bonds. The molecular formula is C23H24FN5OS2. The van der Waals surface area contributed by atoms with Gasteiger partial charge in [-0.25, -0.2) is 9.37 Å².